The Morgan fingerprint density at radius 3 is 2.84 bits per heavy atom. The number of aromatic nitrogens is 1. The average Bonchev–Trinajstić information content (AvgIpc) is 2.78. The summed E-state index contributed by atoms with van der Waals surface area (Å²) in [6.45, 7) is 6.46. The summed E-state index contributed by atoms with van der Waals surface area (Å²) in [6.07, 6.45) is 3.40. The molecule has 162 valence electrons. The first-order valence-corrected chi connectivity index (χ1v) is 10.7. The fraction of sp³-hybridized carbons (Fsp3) is 0.375. The highest BCUT2D eigenvalue weighted by Gasteiger charge is 2.26. The lowest BCUT2D eigenvalue weighted by Gasteiger charge is -2.28. The number of anilines is 1. The summed E-state index contributed by atoms with van der Waals surface area (Å²) in [6, 6.07) is 9.78. The lowest BCUT2D eigenvalue weighted by molar-refractivity contribution is -0.123. The third kappa shape index (κ3) is 4.46. The van der Waals surface area contributed by atoms with Crippen molar-refractivity contribution in [1.82, 2.24) is 15.2 Å². The number of carbonyl (C=O) groups is 2. The van der Waals surface area contributed by atoms with Crippen LogP contribution in [0.4, 0.5) is 5.69 Å². The van der Waals surface area contributed by atoms with Gasteiger partial charge in [0.05, 0.1) is 5.69 Å². The Bertz CT molecular complexity index is 1050. The first-order valence-electron chi connectivity index (χ1n) is 10.7. The third-order valence-corrected chi connectivity index (χ3v) is 5.83. The minimum absolute atomic E-state index is 0.0795. The summed E-state index contributed by atoms with van der Waals surface area (Å²) in [5, 5.41) is 5.57. The molecule has 0 saturated heterocycles. The molecule has 0 fully saturated rings. The summed E-state index contributed by atoms with van der Waals surface area (Å²) >= 11 is 0. The molecule has 0 saturated carbocycles. The van der Waals surface area contributed by atoms with Crippen LogP contribution >= 0.6 is 0 Å². The number of nitrogens with zero attached hydrogens (tertiary/aromatic N) is 2. The van der Waals surface area contributed by atoms with E-state index in [-0.39, 0.29) is 11.8 Å². The number of amides is 2. The second kappa shape index (κ2) is 8.89. The Balaban J connectivity index is 1.42. The van der Waals surface area contributed by atoms with E-state index in [9.17, 15) is 9.59 Å². The van der Waals surface area contributed by atoms with E-state index in [1.165, 1.54) is 5.57 Å². The van der Waals surface area contributed by atoms with Gasteiger partial charge < -0.3 is 15.4 Å². The van der Waals surface area contributed by atoms with Crippen LogP contribution in [0.15, 0.2) is 36.4 Å². The van der Waals surface area contributed by atoms with Crippen molar-refractivity contribution in [3.8, 4) is 5.75 Å². The Labute approximate surface area is 182 Å². The Kier molecular flexibility index (Phi) is 6.04. The van der Waals surface area contributed by atoms with Crippen LogP contribution in [0.5, 0.6) is 5.75 Å². The molecule has 7 nitrogen and oxygen atoms in total. The SMILES string of the molecule is CCC1Oc2ccc(CN3CC=C(c4ccc(C(=O)NC)nc4C)CC3)cc2NC1=O. The molecule has 1 aromatic heterocycles. The van der Waals surface area contributed by atoms with Gasteiger partial charge in [0.25, 0.3) is 11.8 Å². The number of carbonyl (C=O) groups excluding carboxylic acids is 2. The summed E-state index contributed by atoms with van der Waals surface area (Å²) in [7, 11) is 1.61. The fourth-order valence-corrected chi connectivity index (χ4v) is 4.08. The van der Waals surface area contributed by atoms with Gasteiger partial charge in [-0.3, -0.25) is 14.5 Å². The lowest BCUT2D eigenvalue weighted by atomic mass is 9.97. The van der Waals surface area contributed by atoms with Gasteiger partial charge in [-0.2, -0.15) is 0 Å². The van der Waals surface area contributed by atoms with Gasteiger partial charge in [-0.05, 0) is 54.7 Å². The summed E-state index contributed by atoms with van der Waals surface area (Å²) in [5.41, 5.74) is 5.57. The van der Waals surface area contributed by atoms with Crippen LogP contribution in [0.2, 0.25) is 0 Å². The number of hydrogen-bond acceptors (Lipinski definition) is 5. The number of benzene rings is 1. The van der Waals surface area contributed by atoms with Crippen LogP contribution in [-0.2, 0) is 11.3 Å². The predicted octanol–water partition coefficient (Wildman–Crippen LogP) is 3.15. The van der Waals surface area contributed by atoms with Gasteiger partial charge >= 0.3 is 0 Å². The molecule has 2 aromatic rings. The maximum absolute atomic E-state index is 12.1. The van der Waals surface area contributed by atoms with Crippen molar-refractivity contribution in [3.63, 3.8) is 0 Å². The number of aryl methyl sites for hydroxylation is 1. The zero-order valence-electron chi connectivity index (χ0n) is 18.2. The maximum Gasteiger partial charge on any atom is 0.269 e. The number of rotatable bonds is 5. The predicted molar refractivity (Wildman–Crippen MR) is 120 cm³/mol. The van der Waals surface area contributed by atoms with Gasteiger partial charge in [0.2, 0.25) is 0 Å². The van der Waals surface area contributed by atoms with E-state index in [4.69, 9.17) is 4.74 Å². The van der Waals surface area contributed by atoms with Crippen LogP contribution in [0.3, 0.4) is 0 Å². The number of fused-ring (bicyclic) bond motifs is 1. The molecule has 1 unspecified atom stereocenters. The molecule has 31 heavy (non-hydrogen) atoms. The highest BCUT2D eigenvalue weighted by atomic mass is 16.5. The fourth-order valence-electron chi connectivity index (χ4n) is 4.08. The lowest BCUT2D eigenvalue weighted by Crippen LogP contribution is -2.36. The molecule has 2 aliphatic rings. The van der Waals surface area contributed by atoms with E-state index in [1.807, 2.05) is 32.0 Å². The molecule has 1 aromatic carbocycles. The summed E-state index contributed by atoms with van der Waals surface area (Å²) < 4.78 is 5.78. The molecule has 7 heteroatoms. The summed E-state index contributed by atoms with van der Waals surface area (Å²) in [4.78, 5) is 30.7. The Hall–Kier alpha value is -3.19. The number of nitrogens with one attached hydrogen (secondary N) is 2. The van der Waals surface area contributed by atoms with E-state index in [0.717, 1.165) is 54.3 Å². The molecule has 0 radical (unpaired) electrons. The molecule has 0 bridgehead atoms. The van der Waals surface area contributed by atoms with Crippen molar-refractivity contribution in [2.24, 2.45) is 0 Å². The molecule has 3 heterocycles. The normalized spacial score (nSPS) is 18.5. The molecule has 4 rings (SSSR count). The van der Waals surface area contributed by atoms with Crippen LogP contribution in [0.25, 0.3) is 5.57 Å². The van der Waals surface area contributed by atoms with Crippen molar-refractivity contribution in [1.29, 1.82) is 0 Å². The molecule has 0 spiro atoms. The molecular formula is C24H28N4O3. The molecule has 0 aliphatic carbocycles. The smallest absolute Gasteiger partial charge is 0.269 e. The van der Waals surface area contributed by atoms with Gasteiger partial charge in [0.1, 0.15) is 11.4 Å². The average molecular weight is 421 g/mol. The zero-order valence-corrected chi connectivity index (χ0v) is 18.2. The number of hydrogen-bond donors (Lipinski definition) is 2. The first kappa shape index (κ1) is 21.1. The molecule has 1 atom stereocenters. The monoisotopic (exact) mass is 420 g/mol. The zero-order chi connectivity index (χ0) is 22.0. The van der Waals surface area contributed by atoms with E-state index in [0.29, 0.717) is 12.1 Å². The topological polar surface area (TPSA) is 83.6 Å². The highest BCUT2D eigenvalue weighted by molar-refractivity contribution is 5.97. The van der Waals surface area contributed by atoms with Gasteiger partial charge in [0.15, 0.2) is 6.10 Å². The van der Waals surface area contributed by atoms with Crippen LogP contribution in [-0.4, -0.2) is 47.9 Å². The van der Waals surface area contributed by atoms with E-state index >= 15 is 0 Å². The van der Waals surface area contributed by atoms with Crippen molar-refractivity contribution in [3.05, 3.63) is 58.9 Å². The minimum Gasteiger partial charge on any atom is -0.478 e. The van der Waals surface area contributed by atoms with Gasteiger partial charge in [-0.25, -0.2) is 4.98 Å². The second-order valence-corrected chi connectivity index (χ2v) is 7.96. The van der Waals surface area contributed by atoms with Crippen molar-refractivity contribution >= 4 is 23.1 Å². The van der Waals surface area contributed by atoms with Crippen molar-refractivity contribution in [2.45, 2.75) is 39.3 Å². The molecular weight excluding hydrogens is 392 g/mol. The van der Waals surface area contributed by atoms with Crippen molar-refractivity contribution in [2.75, 3.05) is 25.5 Å². The standard InChI is InChI=1S/C24H28N4O3/c1-4-21-24(30)27-20-13-16(5-8-22(20)31-21)14-28-11-9-17(10-12-28)18-6-7-19(23(29)25-3)26-15(18)2/h5-9,13,21H,4,10-12,14H2,1-3H3,(H,25,29)(H,27,30). The minimum atomic E-state index is -0.410. The Morgan fingerprint density at radius 2 is 2.16 bits per heavy atom. The van der Waals surface area contributed by atoms with Crippen molar-refractivity contribution < 1.29 is 14.3 Å². The highest BCUT2D eigenvalue weighted by Crippen LogP contribution is 2.32. The van der Waals surface area contributed by atoms with Crippen LogP contribution in [0, 0.1) is 6.92 Å². The van der Waals surface area contributed by atoms with E-state index in [2.05, 4.69) is 32.7 Å². The quantitative estimate of drug-likeness (QED) is 0.776. The number of ether oxygens (including phenoxy) is 1. The van der Waals surface area contributed by atoms with Gasteiger partial charge in [-0.15, -0.1) is 0 Å². The summed E-state index contributed by atoms with van der Waals surface area (Å²) in [5.74, 6) is 0.485. The second-order valence-electron chi connectivity index (χ2n) is 7.96. The maximum atomic E-state index is 12.1. The van der Waals surface area contributed by atoms with Crippen LogP contribution < -0.4 is 15.4 Å². The van der Waals surface area contributed by atoms with Gasteiger partial charge in [0, 0.05) is 32.4 Å². The Morgan fingerprint density at radius 1 is 1.32 bits per heavy atom. The third-order valence-electron chi connectivity index (χ3n) is 5.83. The molecule has 2 aliphatic heterocycles. The molecule has 2 amide bonds. The van der Waals surface area contributed by atoms with Crippen LogP contribution in [0.1, 0.15) is 47.1 Å². The van der Waals surface area contributed by atoms with E-state index < -0.39 is 6.10 Å². The number of pyridine rings is 1. The largest absolute Gasteiger partial charge is 0.478 e. The van der Waals surface area contributed by atoms with Gasteiger partial charge in [-0.1, -0.05) is 25.1 Å². The van der Waals surface area contributed by atoms with E-state index in [1.54, 1.807) is 13.1 Å². The first-order chi connectivity index (χ1) is 15.0. The molecule has 2 N–H and O–H groups in total.